The molecule has 0 unspecified atom stereocenters. The molecule has 1 saturated carbocycles. The maximum absolute atomic E-state index is 5.64. The minimum absolute atomic E-state index is 0.670. The third kappa shape index (κ3) is 5.94. The van der Waals surface area contributed by atoms with Crippen LogP contribution in [0.2, 0.25) is 0 Å². The van der Waals surface area contributed by atoms with E-state index >= 15 is 0 Å². The third-order valence-electron chi connectivity index (χ3n) is 5.96. The van der Waals surface area contributed by atoms with Crippen molar-refractivity contribution < 1.29 is 4.74 Å². The van der Waals surface area contributed by atoms with Gasteiger partial charge in [-0.3, -0.25) is 0 Å². The van der Waals surface area contributed by atoms with Crippen LogP contribution in [0.4, 0.5) is 0 Å². The fraction of sp³-hybridized carbons (Fsp3) is 0.407. The average Bonchev–Trinajstić information content (AvgIpc) is 2.76. The van der Waals surface area contributed by atoms with E-state index in [2.05, 4.69) is 74.2 Å². The van der Waals surface area contributed by atoms with Crippen molar-refractivity contribution in [2.24, 2.45) is 5.92 Å². The molecule has 1 aliphatic carbocycles. The van der Waals surface area contributed by atoms with Crippen LogP contribution in [0.25, 0.3) is 11.1 Å². The summed E-state index contributed by atoms with van der Waals surface area (Å²) in [6, 6.07) is 18.0. The van der Waals surface area contributed by atoms with Crippen LogP contribution >= 0.6 is 0 Å². The monoisotopic (exact) mass is 374 g/mol. The second-order valence-corrected chi connectivity index (χ2v) is 7.97. The molecule has 0 heterocycles. The molecule has 0 atom stereocenters. The molecule has 0 bridgehead atoms. The Labute approximate surface area is 171 Å². The van der Waals surface area contributed by atoms with Gasteiger partial charge in [0.05, 0.1) is 13.2 Å². The molecule has 0 N–H and O–H groups in total. The van der Waals surface area contributed by atoms with Gasteiger partial charge < -0.3 is 4.74 Å². The lowest BCUT2D eigenvalue weighted by molar-refractivity contribution is 0.125. The molecule has 0 amide bonds. The highest BCUT2D eigenvalue weighted by Crippen LogP contribution is 2.37. The van der Waals surface area contributed by atoms with Crippen molar-refractivity contribution >= 4 is 0 Å². The lowest BCUT2D eigenvalue weighted by Gasteiger charge is -2.28. The van der Waals surface area contributed by atoms with Gasteiger partial charge in [0, 0.05) is 0 Å². The average molecular weight is 375 g/mol. The number of ether oxygens (including phenoxy) is 1. The Morgan fingerprint density at radius 2 is 1.57 bits per heavy atom. The van der Waals surface area contributed by atoms with Crippen molar-refractivity contribution in [3.05, 3.63) is 84.5 Å². The summed E-state index contributed by atoms with van der Waals surface area (Å²) in [4.78, 5) is 0. The van der Waals surface area contributed by atoms with E-state index in [-0.39, 0.29) is 0 Å². The number of hydrogen-bond acceptors (Lipinski definition) is 1. The van der Waals surface area contributed by atoms with Gasteiger partial charge in [-0.15, -0.1) is 6.58 Å². The summed E-state index contributed by atoms with van der Waals surface area (Å²) in [5.41, 5.74) is 5.31. The quantitative estimate of drug-likeness (QED) is 0.323. The van der Waals surface area contributed by atoms with Crippen molar-refractivity contribution in [3.63, 3.8) is 0 Å². The van der Waals surface area contributed by atoms with Crippen LogP contribution in [0, 0.1) is 5.92 Å². The maximum Gasteiger partial charge on any atom is 0.0717 e. The first kappa shape index (κ1) is 20.6. The third-order valence-corrected chi connectivity index (χ3v) is 5.96. The Bertz CT molecular complexity index is 731. The minimum atomic E-state index is 0.670. The smallest absolute Gasteiger partial charge is 0.0717 e. The van der Waals surface area contributed by atoms with Crippen LogP contribution in [0.5, 0.6) is 0 Å². The van der Waals surface area contributed by atoms with Crippen molar-refractivity contribution in [2.75, 3.05) is 6.61 Å². The molecule has 2 aromatic rings. The largest absolute Gasteiger partial charge is 0.376 e. The van der Waals surface area contributed by atoms with E-state index in [0.29, 0.717) is 6.61 Å². The molecular weight excluding hydrogens is 340 g/mol. The molecular formula is C27H34O. The van der Waals surface area contributed by atoms with Gasteiger partial charge in [0.25, 0.3) is 0 Å². The highest BCUT2D eigenvalue weighted by atomic mass is 16.5. The standard InChI is InChI=1S/C27H34O/c1-3-5-7-22-8-12-24(13-9-22)26-16-18-27(19-17-26)25-14-10-23(11-15-25)21-28-20-6-4-2/h3-5,10-11,14-19,22,24H,2,6-9,12-13,20-21H2,1H3. The van der Waals surface area contributed by atoms with E-state index in [1.54, 1.807) is 0 Å². The van der Waals surface area contributed by atoms with E-state index in [1.165, 1.54) is 54.4 Å². The van der Waals surface area contributed by atoms with E-state index in [1.807, 2.05) is 6.08 Å². The Kier molecular flexibility index (Phi) is 8.11. The minimum Gasteiger partial charge on any atom is -0.376 e. The van der Waals surface area contributed by atoms with Crippen LogP contribution in [0.1, 0.15) is 62.5 Å². The molecule has 148 valence electrons. The first-order chi connectivity index (χ1) is 13.8. The summed E-state index contributed by atoms with van der Waals surface area (Å²) >= 11 is 0. The number of rotatable bonds is 9. The van der Waals surface area contributed by atoms with E-state index < -0.39 is 0 Å². The van der Waals surface area contributed by atoms with Gasteiger partial charge >= 0.3 is 0 Å². The van der Waals surface area contributed by atoms with Crippen molar-refractivity contribution in [1.82, 2.24) is 0 Å². The summed E-state index contributed by atoms with van der Waals surface area (Å²) in [5.74, 6) is 1.64. The normalized spacial score (nSPS) is 19.8. The Morgan fingerprint density at radius 1 is 0.929 bits per heavy atom. The van der Waals surface area contributed by atoms with Gasteiger partial charge in [0.15, 0.2) is 0 Å². The Hall–Kier alpha value is -2.12. The molecule has 0 aromatic heterocycles. The van der Waals surface area contributed by atoms with Gasteiger partial charge in [0.1, 0.15) is 0 Å². The molecule has 1 fully saturated rings. The summed E-state index contributed by atoms with van der Waals surface area (Å²) in [7, 11) is 0. The topological polar surface area (TPSA) is 9.23 Å². The summed E-state index contributed by atoms with van der Waals surface area (Å²) in [6.45, 7) is 7.25. The fourth-order valence-electron chi connectivity index (χ4n) is 4.16. The molecule has 0 aliphatic heterocycles. The van der Waals surface area contributed by atoms with E-state index in [0.717, 1.165) is 24.9 Å². The molecule has 0 spiro atoms. The van der Waals surface area contributed by atoms with Gasteiger partial charge in [-0.1, -0.05) is 66.8 Å². The van der Waals surface area contributed by atoms with Crippen LogP contribution in [0.15, 0.2) is 73.3 Å². The molecule has 1 aliphatic rings. The van der Waals surface area contributed by atoms with Crippen molar-refractivity contribution in [3.8, 4) is 11.1 Å². The molecule has 2 aromatic carbocycles. The zero-order valence-electron chi connectivity index (χ0n) is 17.3. The van der Waals surface area contributed by atoms with Gasteiger partial charge in [-0.25, -0.2) is 0 Å². The summed E-state index contributed by atoms with van der Waals surface area (Å²) in [6.07, 6.45) is 14.0. The van der Waals surface area contributed by atoms with Gasteiger partial charge in [0.2, 0.25) is 0 Å². The first-order valence-corrected chi connectivity index (χ1v) is 10.8. The predicted octanol–water partition coefficient (Wildman–Crippen LogP) is 7.69. The van der Waals surface area contributed by atoms with Crippen LogP contribution < -0.4 is 0 Å². The van der Waals surface area contributed by atoms with E-state index in [4.69, 9.17) is 4.74 Å². The highest BCUT2D eigenvalue weighted by Gasteiger charge is 2.21. The zero-order valence-corrected chi connectivity index (χ0v) is 17.3. The van der Waals surface area contributed by atoms with Crippen LogP contribution in [-0.2, 0) is 11.3 Å². The molecule has 3 rings (SSSR count). The highest BCUT2D eigenvalue weighted by molar-refractivity contribution is 5.64. The van der Waals surface area contributed by atoms with Crippen LogP contribution in [-0.4, -0.2) is 6.61 Å². The van der Waals surface area contributed by atoms with Crippen molar-refractivity contribution in [2.45, 2.75) is 58.0 Å². The lowest BCUT2D eigenvalue weighted by Crippen LogP contribution is -2.12. The Balaban J connectivity index is 1.53. The van der Waals surface area contributed by atoms with Crippen LogP contribution in [0.3, 0.4) is 0 Å². The predicted molar refractivity (Wildman–Crippen MR) is 120 cm³/mol. The van der Waals surface area contributed by atoms with Gasteiger partial charge in [-0.05, 0) is 79.5 Å². The fourth-order valence-corrected chi connectivity index (χ4v) is 4.16. The summed E-state index contributed by atoms with van der Waals surface area (Å²) in [5, 5.41) is 0. The van der Waals surface area contributed by atoms with E-state index in [9.17, 15) is 0 Å². The molecule has 1 nitrogen and oxygen atoms in total. The second-order valence-electron chi connectivity index (χ2n) is 7.97. The summed E-state index contributed by atoms with van der Waals surface area (Å²) < 4.78 is 5.64. The lowest BCUT2D eigenvalue weighted by atomic mass is 9.77. The van der Waals surface area contributed by atoms with Gasteiger partial charge in [-0.2, -0.15) is 0 Å². The molecule has 28 heavy (non-hydrogen) atoms. The number of allylic oxidation sites excluding steroid dienone is 2. The molecule has 0 radical (unpaired) electrons. The molecule has 0 saturated heterocycles. The SMILES string of the molecule is C=CCCOCc1ccc(-c2ccc(C3CCC(CC=CC)CC3)cc2)cc1. The Morgan fingerprint density at radius 3 is 2.18 bits per heavy atom. The zero-order chi connectivity index (χ0) is 19.6. The van der Waals surface area contributed by atoms with Crippen molar-refractivity contribution in [1.29, 1.82) is 0 Å². The first-order valence-electron chi connectivity index (χ1n) is 10.8. The molecule has 1 heteroatoms. The number of benzene rings is 2. The number of hydrogen-bond donors (Lipinski definition) is 0. The maximum atomic E-state index is 5.64. The second kappa shape index (κ2) is 11.0.